The minimum Gasteiger partial charge on any atom is -0.313 e. The highest BCUT2D eigenvalue weighted by Crippen LogP contribution is 2.33. The Hall–Kier alpha value is -1.47. The van der Waals surface area contributed by atoms with Crippen LogP contribution < -0.4 is 5.32 Å². The summed E-state index contributed by atoms with van der Waals surface area (Å²) in [5.74, 6) is 0. The standard InChI is InChI=1S/C14H20N6S/c1-2-15-9-11-7-8-13(16-10-11)21-14-17-18-19-20(14)12-5-3-4-6-12/h7-8,10,12,15H,2-6,9H2,1H3. The lowest BCUT2D eigenvalue weighted by Crippen LogP contribution is -2.11. The molecule has 0 radical (unpaired) electrons. The number of rotatable bonds is 6. The summed E-state index contributed by atoms with van der Waals surface area (Å²) in [6.45, 7) is 3.92. The van der Waals surface area contributed by atoms with Gasteiger partial charge in [-0.15, -0.1) is 5.10 Å². The maximum Gasteiger partial charge on any atom is 0.215 e. The van der Waals surface area contributed by atoms with Crippen LogP contribution in [0.5, 0.6) is 0 Å². The summed E-state index contributed by atoms with van der Waals surface area (Å²) in [6.07, 6.45) is 6.80. The fourth-order valence-electron chi connectivity index (χ4n) is 2.57. The molecular formula is C14H20N6S. The number of hydrogen-bond acceptors (Lipinski definition) is 6. The highest BCUT2D eigenvalue weighted by Gasteiger charge is 2.22. The molecule has 1 aliphatic rings. The van der Waals surface area contributed by atoms with Crippen LogP contribution in [0, 0.1) is 0 Å². The van der Waals surface area contributed by atoms with Gasteiger partial charge in [-0.3, -0.25) is 0 Å². The van der Waals surface area contributed by atoms with E-state index < -0.39 is 0 Å². The largest absolute Gasteiger partial charge is 0.313 e. The Kier molecular flexibility index (Phi) is 4.82. The van der Waals surface area contributed by atoms with E-state index in [9.17, 15) is 0 Å². The summed E-state index contributed by atoms with van der Waals surface area (Å²) in [5.41, 5.74) is 1.19. The summed E-state index contributed by atoms with van der Waals surface area (Å²) in [5, 5.41) is 17.2. The van der Waals surface area contributed by atoms with E-state index in [-0.39, 0.29) is 0 Å². The van der Waals surface area contributed by atoms with E-state index in [1.54, 1.807) is 0 Å². The summed E-state index contributed by atoms with van der Waals surface area (Å²) < 4.78 is 1.96. The van der Waals surface area contributed by atoms with Gasteiger partial charge < -0.3 is 5.32 Å². The molecule has 0 bridgehead atoms. The van der Waals surface area contributed by atoms with Gasteiger partial charge in [0.05, 0.1) is 6.04 Å². The van der Waals surface area contributed by atoms with Gasteiger partial charge in [-0.05, 0) is 53.2 Å². The van der Waals surface area contributed by atoms with Crippen molar-refractivity contribution in [2.24, 2.45) is 0 Å². The van der Waals surface area contributed by atoms with Crippen molar-refractivity contribution in [1.82, 2.24) is 30.5 Å². The van der Waals surface area contributed by atoms with Crippen molar-refractivity contribution in [3.8, 4) is 0 Å². The summed E-state index contributed by atoms with van der Waals surface area (Å²) in [6, 6.07) is 4.59. The first-order chi connectivity index (χ1) is 10.4. The van der Waals surface area contributed by atoms with Gasteiger partial charge in [0.25, 0.3) is 0 Å². The van der Waals surface area contributed by atoms with E-state index in [2.05, 4.69) is 38.8 Å². The van der Waals surface area contributed by atoms with Crippen molar-refractivity contribution in [2.45, 2.75) is 55.4 Å². The molecule has 2 heterocycles. The second-order valence-electron chi connectivity index (χ2n) is 5.23. The monoisotopic (exact) mass is 304 g/mol. The van der Waals surface area contributed by atoms with Gasteiger partial charge >= 0.3 is 0 Å². The van der Waals surface area contributed by atoms with Gasteiger partial charge in [0.15, 0.2) is 0 Å². The molecule has 0 amide bonds. The van der Waals surface area contributed by atoms with Crippen LogP contribution in [0.3, 0.4) is 0 Å². The summed E-state index contributed by atoms with van der Waals surface area (Å²) in [4.78, 5) is 4.49. The maximum absolute atomic E-state index is 4.49. The Morgan fingerprint density at radius 2 is 2.19 bits per heavy atom. The Morgan fingerprint density at radius 3 is 2.90 bits per heavy atom. The molecule has 1 N–H and O–H groups in total. The van der Waals surface area contributed by atoms with Crippen LogP contribution in [-0.2, 0) is 6.54 Å². The molecule has 6 nitrogen and oxygen atoms in total. The molecule has 0 spiro atoms. The van der Waals surface area contributed by atoms with Crippen LogP contribution in [0.1, 0.15) is 44.2 Å². The van der Waals surface area contributed by atoms with Gasteiger partial charge in [-0.25, -0.2) is 9.67 Å². The fraction of sp³-hybridized carbons (Fsp3) is 0.571. The number of aromatic nitrogens is 5. The number of nitrogens with one attached hydrogen (secondary N) is 1. The Morgan fingerprint density at radius 1 is 1.33 bits per heavy atom. The van der Waals surface area contributed by atoms with Crippen LogP contribution in [0.25, 0.3) is 0 Å². The van der Waals surface area contributed by atoms with E-state index in [1.807, 2.05) is 16.9 Å². The van der Waals surface area contributed by atoms with Gasteiger partial charge in [-0.1, -0.05) is 25.8 Å². The van der Waals surface area contributed by atoms with Gasteiger partial charge in [0.2, 0.25) is 5.16 Å². The van der Waals surface area contributed by atoms with Crippen molar-refractivity contribution in [3.63, 3.8) is 0 Å². The first kappa shape index (κ1) is 14.5. The third-order valence-corrected chi connectivity index (χ3v) is 4.61. The van der Waals surface area contributed by atoms with Crippen LogP contribution >= 0.6 is 11.8 Å². The molecule has 0 aliphatic heterocycles. The average molecular weight is 304 g/mol. The zero-order valence-corrected chi connectivity index (χ0v) is 13.0. The SMILES string of the molecule is CCNCc1ccc(Sc2nnnn2C2CCCC2)nc1. The summed E-state index contributed by atoms with van der Waals surface area (Å²) in [7, 11) is 0. The van der Waals surface area contributed by atoms with E-state index in [0.717, 1.165) is 23.3 Å². The van der Waals surface area contributed by atoms with Gasteiger partial charge in [0.1, 0.15) is 5.03 Å². The molecule has 21 heavy (non-hydrogen) atoms. The third kappa shape index (κ3) is 3.59. The highest BCUT2D eigenvalue weighted by molar-refractivity contribution is 7.99. The molecule has 112 valence electrons. The molecule has 3 rings (SSSR count). The zero-order chi connectivity index (χ0) is 14.5. The third-order valence-electron chi connectivity index (χ3n) is 3.71. The second-order valence-corrected chi connectivity index (χ2v) is 6.22. The van der Waals surface area contributed by atoms with E-state index >= 15 is 0 Å². The lowest BCUT2D eigenvalue weighted by Gasteiger charge is -2.10. The minimum absolute atomic E-state index is 0.454. The van der Waals surface area contributed by atoms with E-state index in [4.69, 9.17) is 0 Å². The first-order valence-electron chi connectivity index (χ1n) is 7.48. The number of pyridine rings is 1. The highest BCUT2D eigenvalue weighted by atomic mass is 32.2. The predicted octanol–water partition coefficient (Wildman–Crippen LogP) is 2.44. The van der Waals surface area contributed by atoms with Crippen molar-refractivity contribution in [3.05, 3.63) is 23.9 Å². The van der Waals surface area contributed by atoms with Crippen LogP contribution in [0.2, 0.25) is 0 Å². The van der Waals surface area contributed by atoms with E-state index in [1.165, 1.54) is 43.0 Å². The number of nitrogens with zero attached hydrogens (tertiary/aromatic N) is 5. The Balaban J connectivity index is 1.67. The van der Waals surface area contributed by atoms with Crippen molar-refractivity contribution < 1.29 is 0 Å². The second kappa shape index (κ2) is 7.00. The predicted molar refractivity (Wildman–Crippen MR) is 81.1 cm³/mol. The van der Waals surface area contributed by atoms with E-state index in [0.29, 0.717) is 6.04 Å². The Labute approximate surface area is 128 Å². The summed E-state index contributed by atoms with van der Waals surface area (Å²) >= 11 is 1.54. The van der Waals surface area contributed by atoms with Crippen LogP contribution in [0.4, 0.5) is 0 Å². The Bertz CT molecular complexity index is 561. The molecule has 2 aromatic rings. The smallest absolute Gasteiger partial charge is 0.215 e. The van der Waals surface area contributed by atoms with Gasteiger partial charge in [-0.2, -0.15) is 0 Å². The maximum atomic E-state index is 4.49. The van der Waals surface area contributed by atoms with Crippen LogP contribution in [-0.4, -0.2) is 31.7 Å². The molecule has 0 saturated heterocycles. The minimum atomic E-state index is 0.454. The molecule has 0 atom stereocenters. The lowest BCUT2D eigenvalue weighted by atomic mass is 10.3. The van der Waals surface area contributed by atoms with Crippen molar-refractivity contribution in [1.29, 1.82) is 0 Å². The first-order valence-corrected chi connectivity index (χ1v) is 8.30. The van der Waals surface area contributed by atoms with Gasteiger partial charge in [0, 0.05) is 12.7 Å². The number of hydrogen-bond donors (Lipinski definition) is 1. The molecule has 1 aliphatic carbocycles. The van der Waals surface area contributed by atoms with Crippen molar-refractivity contribution >= 4 is 11.8 Å². The molecule has 2 aromatic heterocycles. The number of tetrazole rings is 1. The van der Waals surface area contributed by atoms with Crippen LogP contribution in [0.15, 0.2) is 28.5 Å². The molecule has 0 unspecified atom stereocenters. The zero-order valence-electron chi connectivity index (χ0n) is 12.2. The molecular weight excluding hydrogens is 284 g/mol. The molecule has 0 aromatic carbocycles. The average Bonchev–Trinajstić information content (AvgIpc) is 3.17. The molecule has 1 fully saturated rings. The molecule has 1 saturated carbocycles. The molecule has 7 heteroatoms. The van der Waals surface area contributed by atoms with Crippen molar-refractivity contribution in [2.75, 3.05) is 6.54 Å². The topological polar surface area (TPSA) is 68.5 Å². The lowest BCUT2D eigenvalue weighted by molar-refractivity contribution is 0.423. The normalized spacial score (nSPS) is 15.7. The quantitative estimate of drug-likeness (QED) is 0.884. The fourth-order valence-corrected chi connectivity index (χ4v) is 3.35.